The molecule has 2 nitrogen and oxygen atoms in total. The molecule has 1 aromatic heterocycles. The van der Waals surface area contributed by atoms with Gasteiger partial charge in [-0.15, -0.1) is 11.3 Å². The molecule has 2 unspecified atom stereocenters. The van der Waals surface area contributed by atoms with Crippen molar-refractivity contribution in [3.8, 4) is 0 Å². The molecule has 0 saturated heterocycles. The van der Waals surface area contributed by atoms with Crippen molar-refractivity contribution in [2.24, 2.45) is 5.73 Å². The van der Waals surface area contributed by atoms with Gasteiger partial charge in [-0.3, -0.25) is 4.90 Å². The summed E-state index contributed by atoms with van der Waals surface area (Å²) in [5.41, 5.74) is 7.19. The fraction of sp³-hybridized carbons (Fsp3) is 0.412. The minimum absolute atomic E-state index is 0.222. The van der Waals surface area contributed by atoms with E-state index in [1.54, 1.807) is 0 Å². The number of hydrogen-bond acceptors (Lipinski definition) is 3. The van der Waals surface area contributed by atoms with Crippen molar-refractivity contribution >= 4 is 22.9 Å². The Balaban J connectivity index is 2.23. The summed E-state index contributed by atoms with van der Waals surface area (Å²) in [6.45, 7) is 4.97. The lowest BCUT2D eigenvalue weighted by atomic mass is 10.0. The number of aryl methyl sites for hydroxylation is 1. The molecule has 2 N–H and O–H groups in total. The maximum atomic E-state index is 6.33. The molecule has 2 aromatic rings. The van der Waals surface area contributed by atoms with E-state index >= 15 is 0 Å². The van der Waals surface area contributed by atoms with Crippen LogP contribution in [0.15, 0.2) is 36.4 Å². The molecule has 0 amide bonds. The number of nitrogens with two attached hydrogens (primary N) is 1. The van der Waals surface area contributed by atoms with Crippen molar-refractivity contribution in [2.75, 3.05) is 13.6 Å². The second-order valence-electron chi connectivity index (χ2n) is 5.27. The van der Waals surface area contributed by atoms with Gasteiger partial charge in [-0.2, -0.15) is 0 Å². The normalized spacial score (nSPS) is 14.4. The third kappa shape index (κ3) is 3.67. The highest BCUT2D eigenvalue weighted by Gasteiger charge is 2.23. The second kappa shape index (κ2) is 7.41. The smallest absolute Gasteiger partial charge is 0.0566 e. The molecule has 21 heavy (non-hydrogen) atoms. The van der Waals surface area contributed by atoms with Crippen LogP contribution < -0.4 is 5.73 Å². The molecule has 4 heteroatoms. The van der Waals surface area contributed by atoms with Crippen molar-refractivity contribution in [2.45, 2.75) is 32.4 Å². The fourth-order valence-electron chi connectivity index (χ4n) is 2.55. The Bertz CT molecular complexity index is 582. The summed E-state index contributed by atoms with van der Waals surface area (Å²) >= 11 is 8.18. The molecule has 0 spiro atoms. The van der Waals surface area contributed by atoms with Crippen LogP contribution in [-0.4, -0.2) is 18.5 Å². The molecule has 0 bridgehead atoms. The predicted molar refractivity (Wildman–Crippen MR) is 93.1 cm³/mol. The summed E-state index contributed by atoms with van der Waals surface area (Å²) in [4.78, 5) is 5.05. The predicted octanol–water partition coefficient (Wildman–Crippen LogP) is 4.66. The molecule has 0 radical (unpaired) electrons. The van der Waals surface area contributed by atoms with Gasteiger partial charge in [0, 0.05) is 27.4 Å². The number of rotatable bonds is 6. The van der Waals surface area contributed by atoms with Crippen molar-refractivity contribution in [1.82, 2.24) is 4.90 Å². The van der Waals surface area contributed by atoms with Crippen LogP contribution in [0.3, 0.4) is 0 Å². The maximum absolute atomic E-state index is 6.33. The first-order valence-electron chi connectivity index (χ1n) is 7.33. The van der Waals surface area contributed by atoms with Gasteiger partial charge in [-0.25, -0.2) is 0 Å². The van der Waals surface area contributed by atoms with Gasteiger partial charge in [-0.05, 0) is 44.2 Å². The van der Waals surface area contributed by atoms with Crippen molar-refractivity contribution in [1.29, 1.82) is 0 Å². The van der Waals surface area contributed by atoms with Gasteiger partial charge >= 0.3 is 0 Å². The van der Waals surface area contributed by atoms with Gasteiger partial charge in [0.05, 0.1) is 6.04 Å². The number of halogens is 1. The summed E-state index contributed by atoms with van der Waals surface area (Å²) in [6, 6.07) is 12.9. The quantitative estimate of drug-likeness (QED) is 0.838. The Hall–Kier alpha value is -0.870. The highest BCUT2D eigenvalue weighted by Crippen LogP contribution is 2.34. The molecule has 0 aliphatic rings. The lowest BCUT2D eigenvalue weighted by Gasteiger charge is -2.32. The first-order valence-corrected chi connectivity index (χ1v) is 8.53. The average Bonchev–Trinajstić information content (AvgIpc) is 2.96. The molecule has 2 atom stereocenters. The van der Waals surface area contributed by atoms with E-state index in [2.05, 4.69) is 44.0 Å². The van der Waals surface area contributed by atoms with Crippen LogP contribution in [0.1, 0.15) is 41.2 Å². The molecule has 1 aromatic carbocycles. The Morgan fingerprint density at radius 3 is 2.52 bits per heavy atom. The zero-order chi connectivity index (χ0) is 15.4. The van der Waals surface area contributed by atoms with Crippen LogP contribution in [0.25, 0.3) is 0 Å². The van der Waals surface area contributed by atoms with E-state index in [-0.39, 0.29) is 12.1 Å². The van der Waals surface area contributed by atoms with Crippen molar-refractivity contribution in [3.63, 3.8) is 0 Å². The van der Waals surface area contributed by atoms with E-state index in [4.69, 9.17) is 17.3 Å². The average molecular weight is 323 g/mol. The van der Waals surface area contributed by atoms with Crippen LogP contribution in [-0.2, 0) is 6.42 Å². The highest BCUT2D eigenvalue weighted by molar-refractivity contribution is 7.12. The van der Waals surface area contributed by atoms with E-state index in [9.17, 15) is 0 Å². The number of likely N-dealkylation sites (N-methyl/N-ethyl adjacent to an activating group) is 1. The van der Waals surface area contributed by atoms with Gasteiger partial charge < -0.3 is 5.73 Å². The van der Waals surface area contributed by atoms with Gasteiger partial charge in [0.1, 0.15) is 0 Å². The summed E-state index contributed by atoms with van der Waals surface area (Å²) in [5, 5.41) is 0.813. The Labute approximate surface area is 136 Å². The Morgan fingerprint density at radius 1 is 1.24 bits per heavy atom. The number of thiophene rings is 1. The largest absolute Gasteiger partial charge is 0.329 e. The zero-order valence-electron chi connectivity index (χ0n) is 12.8. The van der Waals surface area contributed by atoms with E-state index < -0.39 is 0 Å². The minimum Gasteiger partial charge on any atom is -0.329 e. The van der Waals surface area contributed by atoms with Crippen LogP contribution in [0.4, 0.5) is 0 Å². The SMILES string of the molecule is CCc1ccc(C(CN)N(C)C(C)c2ccccc2Cl)s1. The summed E-state index contributed by atoms with van der Waals surface area (Å²) in [6.07, 6.45) is 1.08. The van der Waals surface area contributed by atoms with E-state index in [0.717, 1.165) is 17.0 Å². The van der Waals surface area contributed by atoms with E-state index in [0.29, 0.717) is 6.54 Å². The lowest BCUT2D eigenvalue weighted by molar-refractivity contribution is 0.193. The second-order valence-corrected chi connectivity index (χ2v) is 6.88. The number of nitrogens with zero attached hydrogens (tertiary/aromatic N) is 1. The number of hydrogen-bond donors (Lipinski definition) is 1. The summed E-state index contributed by atoms with van der Waals surface area (Å²) in [5.74, 6) is 0. The van der Waals surface area contributed by atoms with Gasteiger partial charge in [0.2, 0.25) is 0 Å². The Kier molecular flexibility index (Phi) is 5.82. The molecule has 114 valence electrons. The van der Waals surface area contributed by atoms with Crippen LogP contribution in [0, 0.1) is 0 Å². The molecule has 2 rings (SSSR count). The molecular formula is C17H23ClN2S. The molecule has 0 fully saturated rings. The molecular weight excluding hydrogens is 300 g/mol. The molecule has 0 aliphatic heterocycles. The number of benzene rings is 1. The highest BCUT2D eigenvalue weighted by atomic mass is 35.5. The van der Waals surface area contributed by atoms with Crippen molar-refractivity contribution in [3.05, 3.63) is 56.7 Å². The fourth-order valence-corrected chi connectivity index (χ4v) is 3.96. The van der Waals surface area contributed by atoms with Crippen LogP contribution in [0.5, 0.6) is 0 Å². The van der Waals surface area contributed by atoms with E-state index in [1.807, 2.05) is 29.5 Å². The minimum atomic E-state index is 0.222. The summed E-state index contributed by atoms with van der Waals surface area (Å²) < 4.78 is 0. The lowest BCUT2D eigenvalue weighted by Crippen LogP contribution is -2.32. The topological polar surface area (TPSA) is 29.3 Å². The maximum Gasteiger partial charge on any atom is 0.0566 e. The van der Waals surface area contributed by atoms with Crippen molar-refractivity contribution < 1.29 is 0 Å². The Morgan fingerprint density at radius 2 is 1.95 bits per heavy atom. The molecule has 0 aliphatic carbocycles. The standard InChI is InChI=1S/C17H23ClN2S/c1-4-13-9-10-17(21-13)16(11-19)20(3)12(2)14-7-5-6-8-15(14)18/h5-10,12,16H,4,11,19H2,1-3H3. The monoisotopic (exact) mass is 322 g/mol. The zero-order valence-corrected chi connectivity index (χ0v) is 14.4. The van der Waals surface area contributed by atoms with Crippen LogP contribution >= 0.6 is 22.9 Å². The van der Waals surface area contributed by atoms with Gasteiger partial charge in [-0.1, -0.05) is 36.7 Å². The third-order valence-electron chi connectivity index (χ3n) is 4.04. The third-order valence-corrected chi connectivity index (χ3v) is 5.72. The first-order chi connectivity index (χ1) is 10.1. The van der Waals surface area contributed by atoms with Gasteiger partial charge in [0.15, 0.2) is 0 Å². The molecule has 1 heterocycles. The first kappa shape index (κ1) is 16.5. The van der Waals surface area contributed by atoms with Crippen LogP contribution in [0.2, 0.25) is 5.02 Å². The van der Waals surface area contributed by atoms with Gasteiger partial charge in [0.25, 0.3) is 0 Å². The van der Waals surface area contributed by atoms with E-state index in [1.165, 1.54) is 9.75 Å². The summed E-state index contributed by atoms with van der Waals surface area (Å²) in [7, 11) is 2.12. The molecule has 0 saturated carbocycles.